The smallest absolute Gasteiger partial charge is 0.125 e. The Kier molecular flexibility index (Phi) is 4.74. The molecule has 112 valence electrons. The second-order valence-corrected chi connectivity index (χ2v) is 6.43. The second kappa shape index (κ2) is 6.17. The Labute approximate surface area is 123 Å². The summed E-state index contributed by atoms with van der Waals surface area (Å²) in [5.74, 6) is 1.09. The van der Waals surface area contributed by atoms with Crippen LogP contribution in [0.25, 0.3) is 0 Å². The van der Waals surface area contributed by atoms with Crippen molar-refractivity contribution in [1.29, 1.82) is 0 Å². The summed E-state index contributed by atoms with van der Waals surface area (Å²) in [6.07, 6.45) is 3.81. The molecule has 1 aromatic rings. The molecule has 1 N–H and O–H groups in total. The Balaban J connectivity index is 2.07. The molecule has 20 heavy (non-hydrogen) atoms. The van der Waals surface area contributed by atoms with Crippen LogP contribution in [0, 0.1) is 19.3 Å². The molecule has 3 atom stereocenters. The van der Waals surface area contributed by atoms with Crippen molar-refractivity contribution < 1.29 is 4.74 Å². The van der Waals surface area contributed by atoms with Gasteiger partial charge < -0.3 is 10.1 Å². The Morgan fingerprint density at radius 2 is 1.90 bits per heavy atom. The first kappa shape index (κ1) is 15.4. The monoisotopic (exact) mass is 275 g/mol. The van der Waals surface area contributed by atoms with Crippen LogP contribution < -0.4 is 10.1 Å². The number of para-hydroxylation sites is 1. The van der Waals surface area contributed by atoms with E-state index in [1.54, 1.807) is 0 Å². The SMILES string of the molecule is CCCNC1CC(Oc2c(C)cccc2C)C1(C)CC. The summed E-state index contributed by atoms with van der Waals surface area (Å²) in [7, 11) is 0. The number of nitrogens with one attached hydrogen (secondary N) is 1. The van der Waals surface area contributed by atoms with E-state index in [9.17, 15) is 0 Å². The zero-order valence-corrected chi connectivity index (χ0v) is 13.6. The van der Waals surface area contributed by atoms with Crippen molar-refractivity contribution in [3.05, 3.63) is 29.3 Å². The number of aryl methyl sites for hydroxylation is 2. The van der Waals surface area contributed by atoms with Gasteiger partial charge in [-0.15, -0.1) is 0 Å². The van der Waals surface area contributed by atoms with Gasteiger partial charge in [0.2, 0.25) is 0 Å². The molecule has 0 amide bonds. The van der Waals surface area contributed by atoms with Crippen LogP contribution in [-0.4, -0.2) is 18.7 Å². The number of hydrogen-bond acceptors (Lipinski definition) is 2. The van der Waals surface area contributed by atoms with Crippen LogP contribution in [0.2, 0.25) is 0 Å². The molecule has 0 bridgehead atoms. The zero-order valence-electron chi connectivity index (χ0n) is 13.6. The van der Waals surface area contributed by atoms with Gasteiger partial charge in [0, 0.05) is 17.9 Å². The standard InChI is InChI=1S/C18H29NO/c1-6-11-19-15-12-16(18(15,5)7-2)20-17-13(3)9-8-10-14(17)4/h8-10,15-16,19H,6-7,11-12H2,1-5H3. The molecular weight excluding hydrogens is 246 g/mol. The van der Waals surface area contributed by atoms with Crippen molar-refractivity contribution in [3.63, 3.8) is 0 Å². The zero-order chi connectivity index (χ0) is 14.8. The van der Waals surface area contributed by atoms with E-state index in [2.05, 4.69) is 58.1 Å². The van der Waals surface area contributed by atoms with E-state index in [-0.39, 0.29) is 5.41 Å². The normalized spacial score (nSPS) is 29.1. The summed E-state index contributed by atoms with van der Waals surface area (Å²) < 4.78 is 6.39. The topological polar surface area (TPSA) is 21.3 Å². The fourth-order valence-electron chi connectivity index (χ4n) is 3.24. The van der Waals surface area contributed by atoms with Gasteiger partial charge in [-0.1, -0.05) is 39.0 Å². The lowest BCUT2D eigenvalue weighted by molar-refractivity contribution is -0.0707. The van der Waals surface area contributed by atoms with Crippen molar-refractivity contribution in [3.8, 4) is 5.75 Å². The molecule has 0 aliphatic heterocycles. The van der Waals surface area contributed by atoms with Crippen molar-refractivity contribution in [1.82, 2.24) is 5.32 Å². The Morgan fingerprint density at radius 1 is 1.25 bits per heavy atom. The van der Waals surface area contributed by atoms with Crippen molar-refractivity contribution in [2.24, 2.45) is 5.41 Å². The van der Waals surface area contributed by atoms with Gasteiger partial charge in [-0.25, -0.2) is 0 Å². The molecule has 1 saturated carbocycles. The maximum atomic E-state index is 6.39. The average Bonchev–Trinajstić information content (AvgIpc) is 2.43. The van der Waals surface area contributed by atoms with Crippen molar-refractivity contribution in [2.75, 3.05) is 6.54 Å². The summed E-state index contributed by atoms with van der Waals surface area (Å²) >= 11 is 0. The van der Waals surface area contributed by atoms with E-state index in [0.717, 1.165) is 25.1 Å². The van der Waals surface area contributed by atoms with Crippen molar-refractivity contribution >= 4 is 0 Å². The molecule has 1 aliphatic rings. The molecule has 0 saturated heterocycles. The Hall–Kier alpha value is -1.02. The van der Waals surface area contributed by atoms with Gasteiger partial charge >= 0.3 is 0 Å². The predicted molar refractivity (Wildman–Crippen MR) is 85.4 cm³/mol. The first-order valence-electron chi connectivity index (χ1n) is 7.99. The Bertz CT molecular complexity index is 436. The molecule has 1 aromatic carbocycles. The van der Waals surface area contributed by atoms with Crippen LogP contribution in [-0.2, 0) is 0 Å². The highest BCUT2D eigenvalue weighted by atomic mass is 16.5. The van der Waals surface area contributed by atoms with Crippen LogP contribution >= 0.6 is 0 Å². The van der Waals surface area contributed by atoms with E-state index in [0.29, 0.717) is 12.1 Å². The summed E-state index contributed by atoms with van der Waals surface area (Å²) in [6, 6.07) is 6.97. The Morgan fingerprint density at radius 3 is 2.45 bits per heavy atom. The minimum absolute atomic E-state index is 0.254. The first-order valence-corrected chi connectivity index (χ1v) is 7.99. The number of hydrogen-bond donors (Lipinski definition) is 1. The largest absolute Gasteiger partial charge is 0.489 e. The van der Waals surface area contributed by atoms with Gasteiger partial charge in [-0.3, -0.25) is 0 Å². The maximum Gasteiger partial charge on any atom is 0.125 e. The lowest BCUT2D eigenvalue weighted by atomic mass is 9.61. The van der Waals surface area contributed by atoms with E-state index < -0.39 is 0 Å². The molecule has 1 aliphatic carbocycles. The van der Waals surface area contributed by atoms with Crippen molar-refractivity contribution in [2.45, 2.75) is 66.0 Å². The molecule has 0 radical (unpaired) electrons. The highest BCUT2D eigenvalue weighted by Gasteiger charge is 2.51. The van der Waals surface area contributed by atoms with E-state index in [4.69, 9.17) is 4.74 Å². The molecule has 0 heterocycles. The number of benzene rings is 1. The molecule has 2 nitrogen and oxygen atoms in total. The first-order chi connectivity index (χ1) is 9.52. The summed E-state index contributed by atoms with van der Waals surface area (Å²) in [4.78, 5) is 0. The lowest BCUT2D eigenvalue weighted by Crippen LogP contribution is -2.63. The van der Waals surface area contributed by atoms with Gasteiger partial charge in [0.05, 0.1) is 0 Å². The third kappa shape index (κ3) is 2.71. The molecule has 2 rings (SSSR count). The number of rotatable bonds is 6. The molecular formula is C18H29NO. The molecule has 0 aromatic heterocycles. The van der Waals surface area contributed by atoms with Crippen LogP contribution in [0.3, 0.4) is 0 Å². The minimum atomic E-state index is 0.254. The van der Waals surface area contributed by atoms with Gasteiger partial charge in [-0.2, -0.15) is 0 Å². The van der Waals surface area contributed by atoms with Crippen LogP contribution in [0.1, 0.15) is 51.2 Å². The summed E-state index contributed by atoms with van der Waals surface area (Å²) in [6.45, 7) is 12.2. The maximum absolute atomic E-state index is 6.39. The van der Waals surface area contributed by atoms with Gasteiger partial charge in [0.25, 0.3) is 0 Å². The molecule has 0 spiro atoms. The minimum Gasteiger partial charge on any atom is -0.489 e. The van der Waals surface area contributed by atoms with E-state index >= 15 is 0 Å². The second-order valence-electron chi connectivity index (χ2n) is 6.43. The van der Waals surface area contributed by atoms with E-state index in [1.807, 2.05) is 0 Å². The third-order valence-corrected chi connectivity index (χ3v) is 5.05. The molecule has 3 unspecified atom stereocenters. The van der Waals surface area contributed by atoms with Gasteiger partial charge in [0.15, 0.2) is 0 Å². The summed E-state index contributed by atoms with van der Waals surface area (Å²) in [5, 5.41) is 3.68. The quantitative estimate of drug-likeness (QED) is 0.838. The number of ether oxygens (including phenoxy) is 1. The highest BCUT2D eigenvalue weighted by molar-refractivity contribution is 5.40. The summed E-state index contributed by atoms with van der Waals surface area (Å²) in [5.41, 5.74) is 2.74. The van der Waals surface area contributed by atoms with E-state index in [1.165, 1.54) is 17.5 Å². The van der Waals surface area contributed by atoms with Gasteiger partial charge in [-0.05, 0) is 44.4 Å². The fourth-order valence-corrected chi connectivity index (χ4v) is 3.24. The fraction of sp³-hybridized carbons (Fsp3) is 0.667. The lowest BCUT2D eigenvalue weighted by Gasteiger charge is -2.53. The van der Waals surface area contributed by atoms with Crippen LogP contribution in [0.15, 0.2) is 18.2 Å². The predicted octanol–water partition coefficient (Wildman–Crippen LogP) is 4.24. The van der Waals surface area contributed by atoms with Crippen LogP contribution in [0.5, 0.6) is 5.75 Å². The highest BCUT2D eigenvalue weighted by Crippen LogP contribution is 2.46. The molecule has 2 heteroatoms. The molecule has 1 fully saturated rings. The van der Waals surface area contributed by atoms with Crippen LogP contribution in [0.4, 0.5) is 0 Å². The average molecular weight is 275 g/mol. The van der Waals surface area contributed by atoms with Gasteiger partial charge in [0.1, 0.15) is 11.9 Å². The third-order valence-electron chi connectivity index (χ3n) is 5.05.